The maximum absolute atomic E-state index is 11.4. The second-order valence-corrected chi connectivity index (χ2v) is 8.22. The first-order valence-corrected chi connectivity index (χ1v) is 9.31. The van der Waals surface area contributed by atoms with Crippen LogP contribution in [-0.2, 0) is 9.05 Å². The van der Waals surface area contributed by atoms with Crippen LogP contribution in [-0.4, -0.2) is 20.8 Å². The van der Waals surface area contributed by atoms with Gasteiger partial charge in [0.25, 0.3) is 0 Å². The van der Waals surface area contributed by atoms with E-state index in [1.807, 2.05) is 45.9 Å². The lowest BCUT2D eigenvalue weighted by Gasteiger charge is -2.30. The summed E-state index contributed by atoms with van der Waals surface area (Å²) in [4.78, 5) is 0. The molecule has 3 nitrogen and oxygen atoms in total. The van der Waals surface area contributed by atoms with Gasteiger partial charge in [-0.2, -0.15) is 0 Å². The molecule has 5 heteroatoms. The number of halogens is 1. The molecule has 0 aliphatic heterocycles. The highest BCUT2D eigenvalue weighted by atomic mass is 35.7. The van der Waals surface area contributed by atoms with E-state index in [0.29, 0.717) is 19.4 Å². The van der Waals surface area contributed by atoms with Gasteiger partial charge >= 0.3 is 0 Å². The van der Waals surface area contributed by atoms with Crippen molar-refractivity contribution in [2.45, 2.75) is 40.5 Å². The molecular formula is C15H23ClO3S. The number of hydrogen-bond donors (Lipinski definition) is 0. The van der Waals surface area contributed by atoms with E-state index in [0.717, 1.165) is 16.9 Å². The molecule has 0 aliphatic carbocycles. The Morgan fingerprint density at radius 2 is 1.80 bits per heavy atom. The van der Waals surface area contributed by atoms with Crippen molar-refractivity contribution in [1.82, 2.24) is 0 Å². The predicted octanol–water partition coefficient (Wildman–Crippen LogP) is 4.06. The van der Waals surface area contributed by atoms with Gasteiger partial charge in [-0.15, -0.1) is 0 Å². The van der Waals surface area contributed by atoms with E-state index in [1.54, 1.807) is 0 Å². The van der Waals surface area contributed by atoms with Gasteiger partial charge in [-0.1, -0.05) is 26.0 Å². The minimum absolute atomic E-state index is 0.0561. The van der Waals surface area contributed by atoms with Crippen molar-refractivity contribution < 1.29 is 13.2 Å². The zero-order valence-corrected chi connectivity index (χ0v) is 14.1. The highest BCUT2D eigenvalue weighted by molar-refractivity contribution is 8.13. The lowest BCUT2D eigenvalue weighted by atomic mass is 9.85. The molecule has 0 bridgehead atoms. The van der Waals surface area contributed by atoms with Gasteiger partial charge in [0.15, 0.2) is 0 Å². The van der Waals surface area contributed by atoms with Crippen molar-refractivity contribution in [3.63, 3.8) is 0 Å². The first kappa shape index (κ1) is 17.3. The summed E-state index contributed by atoms with van der Waals surface area (Å²) < 4.78 is 28.7. The highest BCUT2D eigenvalue weighted by Gasteiger charge is 2.32. The lowest BCUT2D eigenvalue weighted by Crippen LogP contribution is -2.33. The summed E-state index contributed by atoms with van der Waals surface area (Å²) in [6.07, 6.45) is 1.42. The Labute approximate surface area is 126 Å². The Morgan fingerprint density at radius 3 is 2.30 bits per heavy atom. The van der Waals surface area contributed by atoms with Gasteiger partial charge in [0, 0.05) is 16.1 Å². The summed E-state index contributed by atoms with van der Waals surface area (Å²) in [5.41, 5.74) is 1.73. The molecule has 0 spiro atoms. The maximum atomic E-state index is 11.4. The first-order chi connectivity index (χ1) is 9.21. The number of rotatable bonds is 7. The molecule has 0 aliphatic rings. The first-order valence-electron chi connectivity index (χ1n) is 6.84. The van der Waals surface area contributed by atoms with Crippen LogP contribution in [0.15, 0.2) is 18.2 Å². The van der Waals surface area contributed by atoms with Crippen molar-refractivity contribution in [2.75, 3.05) is 12.4 Å². The molecule has 0 atom stereocenters. The summed E-state index contributed by atoms with van der Waals surface area (Å²) in [6, 6.07) is 6.00. The lowest BCUT2D eigenvalue weighted by molar-refractivity contribution is 0.154. The summed E-state index contributed by atoms with van der Waals surface area (Å²) in [5, 5.41) is 0. The smallest absolute Gasteiger partial charge is 0.233 e. The second-order valence-electron chi connectivity index (χ2n) is 5.45. The van der Waals surface area contributed by atoms with Gasteiger partial charge in [-0.25, -0.2) is 8.42 Å². The number of aryl methyl sites for hydroxylation is 2. The van der Waals surface area contributed by atoms with E-state index < -0.39 is 14.5 Å². The summed E-state index contributed by atoms with van der Waals surface area (Å²) in [7, 11) is 1.89. The van der Waals surface area contributed by atoms with Crippen LogP contribution >= 0.6 is 10.7 Å². The third-order valence-electron chi connectivity index (χ3n) is 3.86. The van der Waals surface area contributed by atoms with Crippen LogP contribution in [0.4, 0.5) is 0 Å². The number of benzene rings is 1. The fraction of sp³-hybridized carbons (Fsp3) is 0.600. The molecule has 0 unspecified atom stereocenters. The number of hydrogen-bond acceptors (Lipinski definition) is 3. The molecule has 0 radical (unpaired) electrons. The monoisotopic (exact) mass is 318 g/mol. The van der Waals surface area contributed by atoms with Gasteiger partial charge in [-0.05, 0) is 43.9 Å². The average Bonchev–Trinajstić information content (AvgIpc) is 2.37. The van der Waals surface area contributed by atoms with Gasteiger partial charge in [0.1, 0.15) is 5.75 Å². The minimum atomic E-state index is -3.54. The summed E-state index contributed by atoms with van der Waals surface area (Å²) in [5.74, 6) is 0.752. The Morgan fingerprint density at radius 1 is 1.20 bits per heavy atom. The van der Waals surface area contributed by atoms with Crippen molar-refractivity contribution in [1.29, 1.82) is 0 Å². The topological polar surface area (TPSA) is 43.4 Å². The molecule has 0 aromatic heterocycles. The maximum Gasteiger partial charge on any atom is 0.233 e. The Kier molecular flexibility index (Phi) is 5.90. The normalized spacial score (nSPS) is 12.4. The Hall–Kier alpha value is -0.740. The van der Waals surface area contributed by atoms with Crippen molar-refractivity contribution in [3.05, 3.63) is 29.3 Å². The molecule has 1 aromatic rings. The largest absolute Gasteiger partial charge is 0.493 e. The summed E-state index contributed by atoms with van der Waals surface area (Å²) >= 11 is 0. The van der Waals surface area contributed by atoms with Crippen LogP contribution in [0.25, 0.3) is 0 Å². The molecule has 1 aromatic carbocycles. The van der Waals surface area contributed by atoms with Gasteiger partial charge in [0.2, 0.25) is 9.05 Å². The average molecular weight is 319 g/mol. The van der Waals surface area contributed by atoms with Crippen LogP contribution in [0, 0.1) is 19.3 Å². The molecular weight excluding hydrogens is 296 g/mol. The van der Waals surface area contributed by atoms with E-state index >= 15 is 0 Å². The summed E-state index contributed by atoms with van der Waals surface area (Å²) in [6.45, 7) is 8.28. The van der Waals surface area contributed by atoms with Gasteiger partial charge < -0.3 is 4.74 Å². The van der Waals surface area contributed by atoms with Crippen LogP contribution < -0.4 is 4.74 Å². The molecule has 1 rings (SSSR count). The molecule has 0 heterocycles. The van der Waals surface area contributed by atoms with Crippen LogP contribution in [0.2, 0.25) is 0 Å². The Balaban J connectivity index is 2.89. The molecule has 0 N–H and O–H groups in total. The van der Waals surface area contributed by atoms with E-state index in [-0.39, 0.29) is 5.75 Å². The number of ether oxygens (including phenoxy) is 1. The molecule has 0 saturated carbocycles. The highest BCUT2D eigenvalue weighted by Crippen LogP contribution is 2.31. The molecule has 114 valence electrons. The molecule has 0 saturated heterocycles. The van der Waals surface area contributed by atoms with Crippen molar-refractivity contribution in [3.8, 4) is 5.75 Å². The van der Waals surface area contributed by atoms with Crippen molar-refractivity contribution in [2.24, 2.45) is 5.41 Å². The molecule has 20 heavy (non-hydrogen) atoms. The zero-order chi connectivity index (χ0) is 15.4. The molecule has 0 fully saturated rings. The standard InChI is InChI=1S/C15H23ClO3S/c1-5-15(6-2,11-20(16,17)18)10-19-14-9-12(3)7-8-13(14)4/h7-9H,5-6,10-11H2,1-4H3. The minimum Gasteiger partial charge on any atom is -0.493 e. The van der Waals surface area contributed by atoms with Crippen molar-refractivity contribution >= 4 is 19.7 Å². The zero-order valence-electron chi connectivity index (χ0n) is 12.6. The fourth-order valence-electron chi connectivity index (χ4n) is 2.16. The van der Waals surface area contributed by atoms with E-state index in [1.165, 1.54) is 0 Å². The third-order valence-corrected chi connectivity index (χ3v) is 5.14. The third kappa shape index (κ3) is 4.98. The van der Waals surface area contributed by atoms with Gasteiger partial charge in [0.05, 0.1) is 12.4 Å². The van der Waals surface area contributed by atoms with E-state index in [4.69, 9.17) is 15.4 Å². The fourth-order valence-corrected chi connectivity index (χ4v) is 4.08. The molecule has 0 amide bonds. The second kappa shape index (κ2) is 6.81. The predicted molar refractivity (Wildman–Crippen MR) is 84.1 cm³/mol. The van der Waals surface area contributed by atoms with Crippen LogP contribution in [0.1, 0.15) is 37.8 Å². The van der Waals surface area contributed by atoms with Crippen LogP contribution in [0.5, 0.6) is 5.75 Å². The Bertz CT molecular complexity index is 548. The quantitative estimate of drug-likeness (QED) is 0.712. The van der Waals surface area contributed by atoms with E-state index in [9.17, 15) is 8.42 Å². The van der Waals surface area contributed by atoms with E-state index in [2.05, 4.69) is 0 Å². The van der Waals surface area contributed by atoms with Gasteiger partial charge in [-0.3, -0.25) is 0 Å². The van der Waals surface area contributed by atoms with Crippen LogP contribution in [0.3, 0.4) is 0 Å². The SMILES string of the molecule is CCC(CC)(COc1cc(C)ccc1C)CS(=O)(=O)Cl.